The van der Waals surface area contributed by atoms with E-state index in [1.54, 1.807) is 30.0 Å². The number of halogens is 2. The van der Waals surface area contributed by atoms with Gasteiger partial charge in [-0.15, -0.1) is 0 Å². The number of morpholine rings is 1. The minimum absolute atomic E-state index is 0.0903. The monoisotopic (exact) mass is 438 g/mol. The van der Waals surface area contributed by atoms with Crippen LogP contribution in [-0.4, -0.2) is 57.2 Å². The second-order valence-corrected chi connectivity index (χ2v) is 8.58. The highest BCUT2D eigenvalue weighted by atomic mass is 32.2. The molecule has 2 aromatic carbocycles. The van der Waals surface area contributed by atoms with E-state index >= 15 is 0 Å². The molecule has 0 atom stereocenters. The van der Waals surface area contributed by atoms with Crippen LogP contribution in [0.25, 0.3) is 0 Å². The van der Waals surface area contributed by atoms with Crippen LogP contribution >= 0.6 is 0 Å². The molecule has 0 unspecified atom stereocenters. The molecular weight excluding hydrogens is 418 g/mol. The van der Waals surface area contributed by atoms with Crippen molar-refractivity contribution < 1.29 is 31.5 Å². The first-order valence-electron chi connectivity index (χ1n) is 9.12. The maximum Gasteiger partial charge on any atom is 0.341 e. The van der Waals surface area contributed by atoms with Crippen molar-refractivity contribution in [2.24, 2.45) is 0 Å². The fourth-order valence-corrected chi connectivity index (χ4v) is 3.75. The van der Waals surface area contributed by atoms with E-state index in [0.29, 0.717) is 43.1 Å². The topological polar surface area (TPSA) is 92.8 Å². The molecule has 2 amide bonds. The van der Waals surface area contributed by atoms with Gasteiger partial charge in [0.1, 0.15) is 0 Å². The minimum atomic E-state index is -4.73. The summed E-state index contributed by atoms with van der Waals surface area (Å²) in [5, 5.41) is 2.67. The van der Waals surface area contributed by atoms with Gasteiger partial charge in [-0.25, -0.2) is 8.42 Å². The maximum atomic E-state index is 12.8. The summed E-state index contributed by atoms with van der Waals surface area (Å²) in [6.07, 6.45) is 0. The summed E-state index contributed by atoms with van der Waals surface area (Å²) in [7, 11) is -4.73. The number of anilines is 1. The van der Waals surface area contributed by atoms with Gasteiger partial charge in [0.15, 0.2) is 0 Å². The van der Waals surface area contributed by atoms with E-state index in [1.807, 2.05) is 0 Å². The number of carbonyl (C=O) groups is 2. The zero-order chi connectivity index (χ0) is 21.9. The van der Waals surface area contributed by atoms with Crippen LogP contribution in [0.1, 0.15) is 26.3 Å². The predicted octanol–water partition coefficient (Wildman–Crippen LogP) is 2.72. The first-order valence-corrected chi connectivity index (χ1v) is 10.7. The van der Waals surface area contributed by atoms with Crippen molar-refractivity contribution in [1.82, 2.24) is 4.90 Å². The molecule has 10 heteroatoms. The van der Waals surface area contributed by atoms with Crippen LogP contribution in [-0.2, 0) is 14.6 Å². The Labute approximate surface area is 172 Å². The van der Waals surface area contributed by atoms with Gasteiger partial charge in [0.2, 0.25) is 9.84 Å². The van der Waals surface area contributed by atoms with Crippen molar-refractivity contribution in [1.29, 1.82) is 0 Å². The third-order valence-electron chi connectivity index (χ3n) is 4.79. The van der Waals surface area contributed by atoms with Crippen LogP contribution in [0.3, 0.4) is 0 Å². The number of sulfone groups is 1. The molecule has 1 N–H and O–H groups in total. The number of amides is 2. The van der Waals surface area contributed by atoms with E-state index in [2.05, 4.69) is 5.32 Å². The fourth-order valence-electron chi connectivity index (χ4n) is 3.03. The number of hydrogen-bond donors (Lipinski definition) is 1. The summed E-state index contributed by atoms with van der Waals surface area (Å²) in [6.45, 7) is 3.63. The average molecular weight is 438 g/mol. The van der Waals surface area contributed by atoms with Crippen molar-refractivity contribution in [3.63, 3.8) is 0 Å². The predicted molar refractivity (Wildman–Crippen MR) is 105 cm³/mol. The van der Waals surface area contributed by atoms with E-state index in [-0.39, 0.29) is 11.5 Å². The van der Waals surface area contributed by atoms with Crippen molar-refractivity contribution >= 4 is 27.3 Å². The second kappa shape index (κ2) is 8.88. The molecule has 160 valence electrons. The molecule has 0 aromatic heterocycles. The molecule has 1 heterocycles. The second-order valence-electron chi connectivity index (χ2n) is 6.67. The number of rotatable bonds is 5. The number of carbonyl (C=O) groups excluding carboxylic acids is 2. The lowest BCUT2D eigenvalue weighted by molar-refractivity contribution is 0.0302. The Bertz CT molecular complexity index is 1050. The molecule has 1 fully saturated rings. The Balaban J connectivity index is 1.78. The summed E-state index contributed by atoms with van der Waals surface area (Å²) in [5.41, 5.74) is 1.54. The highest BCUT2D eigenvalue weighted by molar-refractivity contribution is 7.91. The third-order valence-corrected chi connectivity index (χ3v) is 6.19. The molecule has 0 aliphatic carbocycles. The molecule has 2 aromatic rings. The highest BCUT2D eigenvalue weighted by Gasteiger charge is 2.26. The molecule has 0 radical (unpaired) electrons. The zero-order valence-electron chi connectivity index (χ0n) is 16.1. The lowest BCUT2D eigenvalue weighted by atomic mass is 10.0. The van der Waals surface area contributed by atoms with Gasteiger partial charge in [0, 0.05) is 29.9 Å². The molecular formula is C20H20F2N2O5S. The molecule has 0 saturated carbocycles. The van der Waals surface area contributed by atoms with E-state index in [9.17, 15) is 26.8 Å². The summed E-state index contributed by atoms with van der Waals surface area (Å²) >= 11 is 0. The van der Waals surface area contributed by atoms with Crippen LogP contribution in [0.4, 0.5) is 14.5 Å². The Hall–Kier alpha value is -2.85. The van der Waals surface area contributed by atoms with Gasteiger partial charge in [-0.05, 0) is 48.9 Å². The van der Waals surface area contributed by atoms with E-state index in [4.69, 9.17) is 4.74 Å². The number of ether oxygens (including phenoxy) is 1. The Morgan fingerprint density at radius 2 is 1.70 bits per heavy atom. The molecule has 1 aliphatic heterocycles. The Morgan fingerprint density at radius 1 is 1.07 bits per heavy atom. The van der Waals surface area contributed by atoms with E-state index in [1.165, 1.54) is 0 Å². The molecule has 1 saturated heterocycles. The van der Waals surface area contributed by atoms with Crippen molar-refractivity contribution in [2.75, 3.05) is 31.6 Å². The van der Waals surface area contributed by atoms with Gasteiger partial charge in [0.25, 0.3) is 11.8 Å². The van der Waals surface area contributed by atoms with Gasteiger partial charge in [-0.1, -0.05) is 6.07 Å². The first-order chi connectivity index (χ1) is 14.2. The van der Waals surface area contributed by atoms with E-state index in [0.717, 1.165) is 24.3 Å². The van der Waals surface area contributed by atoms with Gasteiger partial charge >= 0.3 is 5.76 Å². The number of alkyl halides is 2. The smallest absolute Gasteiger partial charge is 0.341 e. The van der Waals surface area contributed by atoms with Crippen LogP contribution in [0.5, 0.6) is 0 Å². The molecule has 1 aliphatic rings. The molecule has 7 nitrogen and oxygen atoms in total. The van der Waals surface area contributed by atoms with Gasteiger partial charge in [0.05, 0.1) is 18.1 Å². The Kier molecular flexibility index (Phi) is 6.47. The molecule has 0 spiro atoms. The summed E-state index contributed by atoms with van der Waals surface area (Å²) in [5.74, 6) is -4.25. The maximum absolute atomic E-state index is 12.8. The average Bonchev–Trinajstić information content (AvgIpc) is 2.75. The van der Waals surface area contributed by atoms with Crippen molar-refractivity contribution in [3.8, 4) is 0 Å². The summed E-state index contributed by atoms with van der Waals surface area (Å²) in [4.78, 5) is 26.4. The Morgan fingerprint density at radius 3 is 2.30 bits per heavy atom. The van der Waals surface area contributed by atoms with Gasteiger partial charge in [-0.2, -0.15) is 8.78 Å². The van der Waals surface area contributed by atoms with Crippen LogP contribution in [0.15, 0.2) is 47.4 Å². The van der Waals surface area contributed by atoms with Gasteiger partial charge in [-0.3, -0.25) is 9.59 Å². The van der Waals surface area contributed by atoms with E-state index < -0.39 is 26.4 Å². The zero-order valence-corrected chi connectivity index (χ0v) is 16.9. The molecule has 30 heavy (non-hydrogen) atoms. The number of benzene rings is 2. The SMILES string of the molecule is Cc1c(NC(=O)c2ccc(S(=O)(=O)C(F)F)cc2)cccc1C(=O)N1CCOCC1. The fraction of sp³-hybridized carbons (Fsp3) is 0.300. The van der Waals surface area contributed by atoms with Crippen LogP contribution in [0, 0.1) is 6.92 Å². The van der Waals surface area contributed by atoms with Gasteiger partial charge < -0.3 is 15.0 Å². The van der Waals surface area contributed by atoms with Crippen LogP contribution in [0.2, 0.25) is 0 Å². The highest BCUT2D eigenvalue weighted by Crippen LogP contribution is 2.23. The largest absolute Gasteiger partial charge is 0.378 e. The minimum Gasteiger partial charge on any atom is -0.378 e. The third kappa shape index (κ3) is 4.49. The summed E-state index contributed by atoms with van der Waals surface area (Å²) < 4.78 is 53.5. The number of nitrogens with zero attached hydrogens (tertiary/aromatic N) is 1. The molecule has 0 bridgehead atoms. The lowest BCUT2D eigenvalue weighted by Crippen LogP contribution is -2.41. The summed E-state index contributed by atoms with van der Waals surface area (Å²) in [6, 6.07) is 9.19. The van der Waals surface area contributed by atoms with Crippen molar-refractivity contribution in [3.05, 3.63) is 59.2 Å². The quantitative estimate of drug-likeness (QED) is 0.775. The number of hydrogen-bond acceptors (Lipinski definition) is 5. The van der Waals surface area contributed by atoms with Crippen LogP contribution < -0.4 is 5.32 Å². The van der Waals surface area contributed by atoms with Crippen molar-refractivity contribution in [2.45, 2.75) is 17.6 Å². The normalized spacial score (nSPS) is 14.6. The number of nitrogens with one attached hydrogen (secondary N) is 1. The first kappa shape index (κ1) is 21.8. The molecule has 3 rings (SSSR count). The lowest BCUT2D eigenvalue weighted by Gasteiger charge is -2.27. The standard InChI is InChI=1S/C20H20F2N2O5S/c1-13-16(19(26)24-9-11-29-12-10-24)3-2-4-17(13)23-18(25)14-5-7-15(8-6-14)30(27,28)20(21)22/h2-8,20H,9-12H2,1H3,(H,23,25).